The first-order chi connectivity index (χ1) is 11.0. The first-order valence-electron chi connectivity index (χ1n) is 6.83. The Labute approximate surface area is 135 Å². The second-order valence-corrected chi connectivity index (χ2v) is 6.79. The molecule has 0 unspecified atom stereocenters. The Bertz CT molecular complexity index is 840. The molecule has 4 nitrogen and oxygen atoms in total. The van der Waals surface area contributed by atoms with Gasteiger partial charge in [-0.2, -0.15) is 9.57 Å². The highest BCUT2D eigenvalue weighted by Crippen LogP contribution is 2.19. The van der Waals surface area contributed by atoms with Crippen LogP contribution in [0.2, 0.25) is 0 Å². The van der Waals surface area contributed by atoms with E-state index in [1.54, 1.807) is 24.3 Å². The van der Waals surface area contributed by atoms with Crippen LogP contribution < -0.4 is 0 Å². The Morgan fingerprint density at radius 2 is 1.91 bits per heavy atom. The van der Waals surface area contributed by atoms with Crippen LogP contribution >= 0.6 is 0 Å². The van der Waals surface area contributed by atoms with Crippen molar-refractivity contribution in [3.8, 4) is 6.07 Å². The van der Waals surface area contributed by atoms with E-state index in [9.17, 15) is 12.8 Å². The van der Waals surface area contributed by atoms with Crippen molar-refractivity contribution in [2.45, 2.75) is 11.4 Å². The number of halogens is 1. The molecule has 2 rings (SSSR count). The molecule has 2 aromatic rings. The van der Waals surface area contributed by atoms with Gasteiger partial charge in [0.1, 0.15) is 5.82 Å². The molecule has 2 aromatic carbocycles. The first kappa shape index (κ1) is 16.9. The number of benzene rings is 2. The van der Waals surface area contributed by atoms with Gasteiger partial charge in [-0.1, -0.05) is 18.2 Å². The van der Waals surface area contributed by atoms with Crippen LogP contribution in [-0.4, -0.2) is 19.3 Å². The second kappa shape index (κ2) is 7.18. The van der Waals surface area contributed by atoms with Gasteiger partial charge in [-0.3, -0.25) is 0 Å². The molecule has 0 aromatic heterocycles. The zero-order valence-corrected chi connectivity index (χ0v) is 13.1. The number of hydrogen-bond acceptors (Lipinski definition) is 3. The van der Waals surface area contributed by atoms with Crippen LogP contribution in [0.5, 0.6) is 0 Å². The van der Waals surface area contributed by atoms with Gasteiger partial charge >= 0.3 is 0 Å². The third-order valence-corrected chi connectivity index (χ3v) is 5.03. The monoisotopic (exact) mass is 330 g/mol. The molecule has 0 bridgehead atoms. The third-order valence-electron chi connectivity index (χ3n) is 3.20. The van der Waals surface area contributed by atoms with Gasteiger partial charge in [0.15, 0.2) is 0 Å². The Kier molecular flexibility index (Phi) is 5.27. The summed E-state index contributed by atoms with van der Waals surface area (Å²) in [6.45, 7) is 3.78. The summed E-state index contributed by atoms with van der Waals surface area (Å²) in [7, 11) is -3.79. The van der Waals surface area contributed by atoms with Crippen LogP contribution in [0.3, 0.4) is 0 Å². The molecule has 0 aliphatic carbocycles. The van der Waals surface area contributed by atoms with E-state index < -0.39 is 15.8 Å². The van der Waals surface area contributed by atoms with Crippen molar-refractivity contribution >= 4 is 10.0 Å². The molecule has 0 heterocycles. The number of rotatable bonds is 6. The van der Waals surface area contributed by atoms with E-state index in [-0.39, 0.29) is 18.0 Å². The molecule has 0 N–H and O–H groups in total. The summed E-state index contributed by atoms with van der Waals surface area (Å²) in [5, 5.41) is 8.93. The molecule has 0 saturated carbocycles. The number of sulfonamides is 1. The van der Waals surface area contributed by atoms with Crippen molar-refractivity contribution in [2.24, 2.45) is 0 Å². The molecule has 0 amide bonds. The summed E-state index contributed by atoms with van der Waals surface area (Å²) < 4.78 is 39.6. The lowest BCUT2D eigenvalue weighted by molar-refractivity contribution is 0.438. The van der Waals surface area contributed by atoms with E-state index in [0.29, 0.717) is 11.1 Å². The normalized spacial score (nSPS) is 11.2. The van der Waals surface area contributed by atoms with Gasteiger partial charge in [-0.15, -0.1) is 6.58 Å². The molecular weight excluding hydrogens is 315 g/mol. The third kappa shape index (κ3) is 4.03. The topological polar surface area (TPSA) is 61.2 Å². The Balaban J connectivity index is 2.35. The number of hydrogen-bond donors (Lipinski definition) is 0. The Morgan fingerprint density at radius 1 is 1.22 bits per heavy atom. The van der Waals surface area contributed by atoms with Gasteiger partial charge in [-0.25, -0.2) is 12.8 Å². The van der Waals surface area contributed by atoms with Crippen LogP contribution in [0.25, 0.3) is 0 Å². The SMILES string of the molecule is C=CCN(Cc1cccc(C#N)c1)S(=O)(=O)c1ccc(F)cc1. The number of nitriles is 1. The highest BCUT2D eigenvalue weighted by atomic mass is 32.2. The highest BCUT2D eigenvalue weighted by molar-refractivity contribution is 7.89. The van der Waals surface area contributed by atoms with Gasteiger partial charge in [0.25, 0.3) is 0 Å². The maximum atomic E-state index is 13.0. The maximum absolute atomic E-state index is 13.0. The summed E-state index contributed by atoms with van der Waals surface area (Å²) in [5.74, 6) is -0.499. The summed E-state index contributed by atoms with van der Waals surface area (Å²) in [6.07, 6.45) is 1.48. The molecule has 0 aliphatic rings. The average Bonchev–Trinajstić information content (AvgIpc) is 2.55. The molecule has 118 valence electrons. The lowest BCUT2D eigenvalue weighted by Gasteiger charge is -2.21. The largest absolute Gasteiger partial charge is 0.243 e. The predicted molar refractivity (Wildman–Crippen MR) is 85.3 cm³/mol. The minimum atomic E-state index is -3.79. The molecular formula is C17H15FN2O2S. The Hall–Kier alpha value is -2.49. The van der Waals surface area contributed by atoms with E-state index in [2.05, 4.69) is 6.58 Å². The lowest BCUT2D eigenvalue weighted by atomic mass is 10.1. The van der Waals surface area contributed by atoms with Crippen LogP contribution in [0.4, 0.5) is 4.39 Å². The summed E-state index contributed by atoms with van der Waals surface area (Å²) >= 11 is 0. The maximum Gasteiger partial charge on any atom is 0.243 e. The standard InChI is InChI=1S/C17H15FN2O2S/c1-2-10-20(13-15-5-3-4-14(11-15)12-19)23(21,22)17-8-6-16(18)7-9-17/h2-9,11H,1,10,13H2. The van der Waals surface area contributed by atoms with Crippen LogP contribution in [0.15, 0.2) is 66.1 Å². The van der Waals surface area contributed by atoms with Crippen LogP contribution in [-0.2, 0) is 16.6 Å². The zero-order chi connectivity index (χ0) is 16.9. The molecule has 0 aliphatic heterocycles. The predicted octanol–water partition coefficient (Wildman–Crippen LogP) is 3.07. The van der Waals surface area contributed by atoms with E-state index in [1.807, 2.05) is 6.07 Å². The van der Waals surface area contributed by atoms with Gasteiger partial charge in [0.2, 0.25) is 10.0 Å². The molecule has 0 atom stereocenters. The van der Waals surface area contributed by atoms with Gasteiger partial charge in [0.05, 0.1) is 16.5 Å². The molecule has 6 heteroatoms. The van der Waals surface area contributed by atoms with E-state index in [1.165, 1.54) is 22.5 Å². The van der Waals surface area contributed by atoms with E-state index in [4.69, 9.17) is 5.26 Å². The van der Waals surface area contributed by atoms with Gasteiger partial charge < -0.3 is 0 Å². The van der Waals surface area contributed by atoms with Crippen molar-refractivity contribution < 1.29 is 12.8 Å². The fourth-order valence-electron chi connectivity index (χ4n) is 2.09. The molecule has 0 saturated heterocycles. The van der Waals surface area contributed by atoms with E-state index >= 15 is 0 Å². The fourth-order valence-corrected chi connectivity index (χ4v) is 3.49. The summed E-state index contributed by atoms with van der Waals surface area (Å²) in [5.41, 5.74) is 1.15. The summed E-state index contributed by atoms with van der Waals surface area (Å²) in [4.78, 5) is 0.0113. The lowest BCUT2D eigenvalue weighted by Crippen LogP contribution is -2.30. The molecule has 0 radical (unpaired) electrons. The van der Waals surface area contributed by atoms with E-state index in [0.717, 1.165) is 12.1 Å². The Morgan fingerprint density at radius 3 is 2.52 bits per heavy atom. The average molecular weight is 330 g/mol. The first-order valence-corrected chi connectivity index (χ1v) is 8.27. The molecule has 23 heavy (non-hydrogen) atoms. The van der Waals surface area contributed by atoms with Gasteiger partial charge in [-0.05, 0) is 42.0 Å². The smallest absolute Gasteiger partial charge is 0.207 e. The van der Waals surface area contributed by atoms with Gasteiger partial charge in [0, 0.05) is 13.1 Å². The number of nitrogens with zero attached hydrogens (tertiary/aromatic N) is 2. The molecule has 0 spiro atoms. The summed E-state index contributed by atoms with van der Waals surface area (Å²) in [6, 6.07) is 13.4. The van der Waals surface area contributed by atoms with Crippen molar-refractivity contribution in [3.63, 3.8) is 0 Å². The minimum Gasteiger partial charge on any atom is -0.207 e. The molecule has 0 fully saturated rings. The fraction of sp³-hybridized carbons (Fsp3) is 0.118. The van der Waals surface area contributed by atoms with Crippen molar-refractivity contribution in [1.29, 1.82) is 5.26 Å². The van der Waals surface area contributed by atoms with Crippen molar-refractivity contribution in [1.82, 2.24) is 4.31 Å². The minimum absolute atomic E-state index is 0.0113. The highest BCUT2D eigenvalue weighted by Gasteiger charge is 2.23. The zero-order valence-electron chi connectivity index (χ0n) is 12.3. The quantitative estimate of drug-likeness (QED) is 0.765. The van der Waals surface area contributed by atoms with Crippen LogP contribution in [0.1, 0.15) is 11.1 Å². The van der Waals surface area contributed by atoms with Crippen LogP contribution in [0, 0.1) is 17.1 Å². The second-order valence-electron chi connectivity index (χ2n) is 4.85. The van der Waals surface area contributed by atoms with Crippen molar-refractivity contribution in [2.75, 3.05) is 6.54 Å². The van der Waals surface area contributed by atoms with Crippen molar-refractivity contribution in [3.05, 3.63) is 78.1 Å².